The molecule has 0 atom stereocenters. The van der Waals surface area contributed by atoms with Gasteiger partial charge in [-0.3, -0.25) is 9.89 Å². The molecule has 1 amide bonds. The van der Waals surface area contributed by atoms with Gasteiger partial charge in [0.05, 0.1) is 14.2 Å². The summed E-state index contributed by atoms with van der Waals surface area (Å²) >= 11 is 5.10. The minimum absolute atomic E-state index is 0.101. The number of ether oxygens (including phenoxy) is 2. The molecule has 9 heteroatoms. The number of hydrogen-bond acceptors (Lipinski definition) is 6. The summed E-state index contributed by atoms with van der Waals surface area (Å²) in [6, 6.07) is 11.3. The highest BCUT2D eigenvalue weighted by Crippen LogP contribution is 2.33. The number of amides is 1. The number of carbonyl (C=O) groups is 1. The number of aromatic nitrogens is 3. The van der Waals surface area contributed by atoms with Gasteiger partial charge < -0.3 is 14.8 Å². The molecule has 3 rings (SSSR count). The van der Waals surface area contributed by atoms with Crippen LogP contribution in [0.3, 0.4) is 0 Å². The van der Waals surface area contributed by atoms with E-state index in [2.05, 4.69) is 36.4 Å². The molecular weight excluding hydrogens is 456 g/mol. The van der Waals surface area contributed by atoms with E-state index < -0.39 is 0 Å². The van der Waals surface area contributed by atoms with Gasteiger partial charge in [-0.25, -0.2) is 4.98 Å². The van der Waals surface area contributed by atoms with E-state index in [1.165, 1.54) is 6.33 Å². The molecule has 0 aliphatic rings. The molecule has 0 saturated heterocycles. The van der Waals surface area contributed by atoms with Crippen LogP contribution in [0, 0.1) is 0 Å². The molecule has 29 heavy (non-hydrogen) atoms. The highest BCUT2D eigenvalue weighted by molar-refractivity contribution is 9.10. The smallest absolute Gasteiger partial charge is 0.251 e. The second-order valence-corrected chi connectivity index (χ2v) is 7.90. The number of H-pyrrole nitrogens is 1. The normalized spacial score (nSPS) is 10.6. The largest absolute Gasteiger partial charge is 0.493 e. The average molecular weight is 477 g/mol. The number of nitrogens with one attached hydrogen (secondary N) is 2. The first-order valence-electron chi connectivity index (χ1n) is 8.86. The monoisotopic (exact) mass is 476 g/mol. The standard InChI is InChI=1S/C20H21BrN4O3S/c1-27-17-9-15(16(21)10-18(17)28-2)7-8-22-19(26)14-5-3-13(4-6-14)11-29-20-23-12-24-25-20/h3-6,9-10,12H,7-8,11H2,1-2H3,(H,22,26)(H,23,24,25). The Bertz CT molecular complexity index is 949. The molecule has 152 valence electrons. The van der Waals surface area contributed by atoms with E-state index in [-0.39, 0.29) is 5.91 Å². The Morgan fingerprint density at radius 1 is 1.17 bits per heavy atom. The van der Waals surface area contributed by atoms with Crippen molar-refractivity contribution in [3.63, 3.8) is 0 Å². The number of rotatable bonds is 9. The van der Waals surface area contributed by atoms with Gasteiger partial charge in [-0.2, -0.15) is 5.10 Å². The maximum atomic E-state index is 12.4. The molecule has 0 bridgehead atoms. The van der Waals surface area contributed by atoms with Crippen LogP contribution in [0.1, 0.15) is 21.5 Å². The van der Waals surface area contributed by atoms with Gasteiger partial charge in [0.15, 0.2) is 16.7 Å². The molecule has 0 saturated carbocycles. The Morgan fingerprint density at radius 3 is 2.55 bits per heavy atom. The Labute approximate surface area is 181 Å². The summed E-state index contributed by atoms with van der Waals surface area (Å²) in [4.78, 5) is 16.5. The van der Waals surface area contributed by atoms with E-state index in [0.29, 0.717) is 30.0 Å². The van der Waals surface area contributed by atoms with Crippen LogP contribution in [0.15, 0.2) is 52.4 Å². The first-order valence-corrected chi connectivity index (χ1v) is 10.6. The van der Waals surface area contributed by atoms with Crippen LogP contribution in [0.2, 0.25) is 0 Å². The third-order valence-electron chi connectivity index (χ3n) is 4.22. The number of thioether (sulfide) groups is 1. The third kappa shape index (κ3) is 5.74. The number of aromatic amines is 1. The highest BCUT2D eigenvalue weighted by Gasteiger charge is 2.11. The molecule has 2 N–H and O–H groups in total. The summed E-state index contributed by atoms with van der Waals surface area (Å²) in [5.41, 5.74) is 2.77. The van der Waals surface area contributed by atoms with Gasteiger partial charge in [-0.15, -0.1) is 0 Å². The molecule has 0 fully saturated rings. The number of halogens is 1. The second-order valence-electron chi connectivity index (χ2n) is 6.08. The Balaban J connectivity index is 1.51. The van der Waals surface area contributed by atoms with Gasteiger partial charge >= 0.3 is 0 Å². The van der Waals surface area contributed by atoms with Gasteiger partial charge in [0.25, 0.3) is 5.91 Å². The lowest BCUT2D eigenvalue weighted by Crippen LogP contribution is -2.25. The van der Waals surface area contributed by atoms with Crippen molar-refractivity contribution in [2.24, 2.45) is 0 Å². The van der Waals surface area contributed by atoms with E-state index in [9.17, 15) is 4.79 Å². The summed E-state index contributed by atoms with van der Waals surface area (Å²) in [6.07, 6.45) is 2.15. The Morgan fingerprint density at radius 2 is 1.90 bits per heavy atom. The first kappa shape index (κ1) is 21.2. The van der Waals surface area contributed by atoms with Crippen molar-refractivity contribution in [3.05, 3.63) is 63.9 Å². The van der Waals surface area contributed by atoms with Crippen LogP contribution in [0.4, 0.5) is 0 Å². The topological polar surface area (TPSA) is 89.1 Å². The zero-order valence-corrected chi connectivity index (χ0v) is 18.5. The van der Waals surface area contributed by atoms with Crippen molar-refractivity contribution in [2.45, 2.75) is 17.3 Å². The molecule has 0 spiro atoms. The summed E-state index contributed by atoms with van der Waals surface area (Å²) < 4.78 is 11.5. The summed E-state index contributed by atoms with van der Waals surface area (Å²) in [7, 11) is 3.20. The lowest BCUT2D eigenvalue weighted by molar-refractivity contribution is 0.0954. The van der Waals surface area contributed by atoms with Gasteiger partial charge in [0, 0.05) is 22.3 Å². The van der Waals surface area contributed by atoms with Crippen molar-refractivity contribution in [3.8, 4) is 11.5 Å². The zero-order chi connectivity index (χ0) is 20.6. The summed E-state index contributed by atoms with van der Waals surface area (Å²) in [6.45, 7) is 0.510. The number of nitrogens with zero attached hydrogens (tertiary/aromatic N) is 2. The van der Waals surface area contributed by atoms with Crippen LogP contribution in [0.25, 0.3) is 0 Å². The predicted molar refractivity (Wildman–Crippen MR) is 116 cm³/mol. The molecular formula is C20H21BrN4O3S. The van der Waals surface area contributed by atoms with Crippen molar-refractivity contribution in [1.29, 1.82) is 0 Å². The number of hydrogen-bond donors (Lipinski definition) is 2. The van der Waals surface area contributed by atoms with Crippen molar-refractivity contribution in [1.82, 2.24) is 20.5 Å². The molecule has 0 aliphatic carbocycles. The van der Waals surface area contributed by atoms with Crippen LogP contribution < -0.4 is 14.8 Å². The molecule has 2 aromatic carbocycles. The molecule has 3 aromatic rings. The fourth-order valence-corrected chi connectivity index (χ4v) is 3.92. The third-order valence-corrected chi connectivity index (χ3v) is 5.90. The minimum Gasteiger partial charge on any atom is -0.493 e. The van der Waals surface area contributed by atoms with Crippen molar-refractivity contribution >= 4 is 33.6 Å². The zero-order valence-electron chi connectivity index (χ0n) is 16.1. The summed E-state index contributed by atoms with van der Waals surface area (Å²) in [5, 5.41) is 10.4. The average Bonchev–Trinajstić information content (AvgIpc) is 3.27. The van der Waals surface area contributed by atoms with Gasteiger partial charge in [-0.05, 0) is 41.8 Å². The van der Waals surface area contributed by atoms with Crippen molar-refractivity contribution < 1.29 is 14.3 Å². The molecule has 0 radical (unpaired) electrons. The predicted octanol–water partition coefficient (Wildman–Crippen LogP) is 3.85. The molecule has 0 unspecified atom stereocenters. The van der Waals surface area contributed by atoms with Gasteiger partial charge in [-0.1, -0.05) is 39.8 Å². The fraction of sp³-hybridized carbons (Fsp3) is 0.250. The number of carbonyl (C=O) groups excluding carboxylic acids is 1. The molecule has 1 aromatic heterocycles. The van der Waals surface area contributed by atoms with Crippen LogP contribution in [-0.4, -0.2) is 41.9 Å². The van der Waals surface area contributed by atoms with E-state index in [0.717, 1.165) is 26.5 Å². The van der Waals surface area contributed by atoms with E-state index >= 15 is 0 Å². The summed E-state index contributed by atoms with van der Waals surface area (Å²) in [5.74, 6) is 1.98. The first-order chi connectivity index (χ1) is 14.1. The van der Waals surface area contributed by atoms with Crippen LogP contribution in [-0.2, 0) is 12.2 Å². The Kier molecular flexibility index (Phi) is 7.54. The van der Waals surface area contributed by atoms with Crippen LogP contribution >= 0.6 is 27.7 Å². The van der Waals surface area contributed by atoms with Gasteiger partial charge in [0.1, 0.15) is 6.33 Å². The Hall–Kier alpha value is -2.52. The lowest BCUT2D eigenvalue weighted by atomic mass is 10.1. The van der Waals surface area contributed by atoms with Crippen LogP contribution in [0.5, 0.6) is 11.5 Å². The van der Waals surface area contributed by atoms with Crippen molar-refractivity contribution in [2.75, 3.05) is 20.8 Å². The van der Waals surface area contributed by atoms with E-state index in [4.69, 9.17) is 9.47 Å². The van der Waals surface area contributed by atoms with E-state index in [1.807, 2.05) is 36.4 Å². The minimum atomic E-state index is -0.101. The molecule has 0 aliphatic heterocycles. The quantitative estimate of drug-likeness (QED) is 0.456. The number of methoxy groups -OCH3 is 2. The molecule has 7 nitrogen and oxygen atoms in total. The fourth-order valence-electron chi connectivity index (χ4n) is 2.67. The van der Waals surface area contributed by atoms with E-state index in [1.54, 1.807) is 26.0 Å². The van der Waals surface area contributed by atoms with Gasteiger partial charge in [0.2, 0.25) is 0 Å². The maximum absolute atomic E-state index is 12.4. The molecule has 1 heterocycles. The number of benzene rings is 2. The lowest BCUT2D eigenvalue weighted by Gasteiger charge is -2.12. The second kappa shape index (κ2) is 10.3. The SMILES string of the molecule is COc1cc(Br)c(CCNC(=O)c2ccc(CSc3ncn[nH]3)cc2)cc1OC. The highest BCUT2D eigenvalue weighted by atomic mass is 79.9. The maximum Gasteiger partial charge on any atom is 0.251 e.